The normalized spacial score (nSPS) is 10.3. The van der Waals surface area contributed by atoms with Crippen LogP contribution >= 0.6 is 24.0 Å². The van der Waals surface area contributed by atoms with E-state index in [0.717, 1.165) is 41.5 Å². The van der Waals surface area contributed by atoms with Gasteiger partial charge in [0.05, 0.1) is 12.9 Å². The van der Waals surface area contributed by atoms with Gasteiger partial charge in [-0.25, -0.2) is 4.98 Å². The lowest BCUT2D eigenvalue weighted by molar-refractivity contribution is 0.303. The summed E-state index contributed by atoms with van der Waals surface area (Å²) >= 11 is 6.15. The van der Waals surface area contributed by atoms with Crippen molar-refractivity contribution in [3.8, 4) is 5.75 Å². The number of imidazole rings is 1. The van der Waals surface area contributed by atoms with Gasteiger partial charge in [0.15, 0.2) is 0 Å². The quantitative estimate of drug-likeness (QED) is 0.615. The van der Waals surface area contributed by atoms with Gasteiger partial charge in [0, 0.05) is 24.0 Å². The molecule has 1 heterocycles. The molecule has 22 heavy (non-hydrogen) atoms. The van der Waals surface area contributed by atoms with Crippen LogP contribution < -0.4 is 4.74 Å². The van der Waals surface area contributed by atoms with E-state index in [1.807, 2.05) is 44.7 Å². The summed E-state index contributed by atoms with van der Waals surface area (Å²) in [5.41, 5.74) is 2.15. The summed E-state index contributed by atoms with van der Waals surface area (Å²) in [7, 11) is 0. The van der Waals surface area contributed by atoms with E-state index in [1.54, 1.807) is 0 Å². The second-order valence-corrected chi connectivity index (χ2v) is 5.81. The maximum absolute atomic E-state index is 6.15. The number of aryl methyl sites for hydroxylation is 3. The fourth-order valence-electron chi connectivity index (χ4n) is 2.35. The highest BCUT2D eigenvalue weighted by Crippen LogP contribution is 2.25. The van der Waals surface area contributed by atoms with Crippen molar-refractivity contribution in [3.63, 3.8) is 0 Å². The van der Waals surface area contributed by atoms with Crippen molar-refractivity contribution >= 4 is 24.0 Å². The first-order chi connectivity index (χ1) is 10.2. The number of hydrogen-bond donors (Lipinski definition) is 0. The maximum atomic E-state index is 6.15. The summed E-state index contributed by atoms with van der Waals surface area (Å²) in [5, 5.41) is 0.835. The van der Waals surface area contributed by atoms with E-state index in [-0.39, 0.29) is 12.4 Å². The van der Waals surface area contributed by atoms with E-state index in [2.05, 4.69) is 9.55 Å². The Hall–Kier alpha value is -1.19. The van der Waals surface area contributed by atoms with E-state index in [4.69, 9.17) is 16.3 Å². The Bertz CT molecular complexity index is 533. The molecule has 0 N–H and O–H groups in total. The van der Waals surface area contributed by atoms with Crippen LogP contribution in [0.1, 0.15) is 36.8 Å². The van der Waals surface area contributed by atoms with Gasteiger partial charge in [0.25, 0.3) is 0 Å². The summed E-state index contributed by atoms with van der Waals surface area (Å²) in [5.74, 6) is 0.924. The first kappa shape index (κ1) is 18.9. The van der Waals surface area contributed by atoms with Crippen molar-refractivity contribution in [1.82, 2.24) is 9.55 Å². The van der Waals surface area contributed by atoms with Crippen LogP contribution in [0.2, 0.25) is 5.02 Å². The predicted octanol–water partition coefficient (Wildman–Crippen LogP) is 5.21. The van der Waals surface area contributed by atoms with Crippen molar-refractivity contribution in [2.45, 2.75) is 46.1 Å². The molecule has 2 aromatic rings. The molecule has 0 unspecified atom stereocenters. The molecule has 0 aliphatic rings. The predicted molar refractivity (Wildman–Crippen MR) is 94.4 cm³/mol. The first-order valence-electron chi connectivity index (χ1n) is 7.52. The van der Waals surface area contributed by atoms with Crippen molar-refractivity contribution in [3.05, 3.63) is 47.0 Å². The second-order valence-electron chi connectivity index (χ2n) is 5.43. The number of halogens is 2. The third-order valence-electron chi connectivity index (χ3n) is 3.55. The Morgan fingerprint density at radius 2 is 1.77 bits per heavy atom. The minimum absolute atomic E-state index is 0. The Labute approximate surface area is 144 Å². The summed E-state index contributed by atoms with van der Waals surface area (Å²) in [6.07, 6.45) is 10.4. The lowest BCUT2D eigenvalue weighted by Gasteiger charge is -2.10. The lowest BCUT2D eigenvalue weighted by Crippen LogP contribution is -1.99. The van der Waals surface area contributed by atoms with Crippen LogP contribution in [0.25, 0.3) is 0 Å². The highest BCUT2D eigenvalue weighted by atomic mass is 35.5. The van der Waals surface area contributed by atoms with Crippen molar-refractivity contribution < 1.29 is 4.74 Å². The smallest absolute Gasteiger partial charge is 0.119 e. The van der Waals surface area contributed by atoms with Crippen molar-refractivity contribution in [2.75, 3.05) is 6.61 Å². The second kappa shape index (κ2) is 9.75. The summed E-state index contributed by atoms with van der Waals surface area (Å²) < 4.78 is 7.92. The minimum atomic E-state index is 0. The van der Waals surface area contributed by atoms with E-state index in [0.29, 0.717) is 0 Å². The fourth-order valence-corrected chi connectivity index (χ4v) is 2.46. The monoisotopic (exact) mass is 342 g/mol. The van der Waals surface area contributed by atoms with Gasteiger partial charge in [-0.2, -0.15) is 0 Å². The van der Waals surface area contributed by atoms with E-state index in [1.165, 1.54) is 19.3 Å². The highest BCUT2D eigenvalue weighted by molar-refractivity contribution is 6.32. The summed E-state index contributed by atoms with van der Waals surface area (Å²) in [6.45, 7) is 5.85. The molecular weight excluding hydrogens is 319 g/mol. The molecule has 5 heteroatoms. The number of ether oxygens (including phenoxy) is 1. The Morgan fingerprint density at radius 3 is 2.41 bits per heavy atom. The van der Waals surface area contributed by atoms with Crippen LogP contribution in [-0.4, -0.2) is 16.2 Å². The molecule has 122 valence electrons. The van der Waals surface area contributed by atoms with E-state index < -0.39 is 0 Å². The third-order valence-corrected chi connectivity index (χ3v) is 4.14. The molecule has 0 bridgehead atoms. The largest absolute Gasteiger partial charge is 0.494 e. The van der Waals surface area contributed by atoms with Crippen LogP contribution in [0.4, 0.5) is 0 Å². The van der Waals surface area contributed by atoms with Gasteiger partial charge < -0.3 is 9.30 Å². The molecule has 0 atom stereocenters. The van der Waals surface area contributed by atoms with Gasteiger partial charge >= 0.3 is 0 Å². The van der Waals surface area contributed by atoms with E-state index in [9.17, 15) is 0 Å². The number of nitrogens with zero attached hydrogens (tertiary/aromatic N) is 2. The Morgan fingerprint density at radius 1 is 1.09 bits per heavy atom. The molecule has 0 fully saturated rings. The molecule has 0 amide bonds. The zero-order chi connectivity index (χ0) is 15.1. The van der Waals surface area contributed by atoms with Crippen molar-refractivity contribution in [2.24, 2.45) is 0 Å². The molecule has 0 aliphatic heterocycles. The highest BCUT2D eigenvalue weighted by Gasteiger charge is 2.03. The third kappa shape index (κ3) is 5.90. The molecule has 0 radical (unpaired) electrons. The molecule has 1 aromatic heterocycles. The number of unbranched alkanes of at least 4 members (excludes halogenated alkanes) is 3. The summed E-state index contributed by atoms with van der Waals surface area (Å²) in [6, 6.07) is 4.02. The Balaban J connectivity index is 0.00000242. The molecule has 1 aromatic carbocycles. The molecule has 3 nitrogen and oxygen atoms in total. The zero-order valence-electron chi connectivity index (χ0n) is 13.2. The first-order valence-corrected chi connectivity index (χ1v) is 7.90. The van der Waals surface area contributed by atoms with Gasteiger partial charge in [-0.15, -0.1) is 12.4 Å². The number of aromatic nitrogens is 2. The van der Waals surface area contributed by atoms with Crippen LogP contribution in [-0.2, 0) is 6.54 Å². The Kier molecular flexibility index (Phi) is 8.36. The average Bonchev–Trinajstić information content (AvgIpc) is 2.97. The molecule has 2 rings (SSSR count). The molecule has 0 aliphatic carbocycles. The van der Waals surface area contributed by atoms with Gasteiger partial charge in [-0.1, -0.05) is 24.4 Å². The van der Waals surface area contributed by atoms with Gasteiger partial charge in [0.2, 0.25) is 0 Å². The summed E-state index contributed by atoms with van der Waals surface area (Å²) in [4.78, 5) is 4.04. The van der Waals surface area contributed by atoms with Crippen LogP contribution in [0.5, 0.6) is 5.75 Å². The topological polar surface area (TPSA) is 27.1 Å². The number of benzene rings is 1. The van der Waals surface area contributed by atoms with Gasteiger partial charge in [0.1, 0.15) is 5.75 Å². The zero-order valence-corrected chi connectivity index (χ0v) is 14.8. The average molecular weight is 343 g/mol. The standard InChI is InChI=1S/C17H23ClN2O.ClH/c1-14-11-16(12-15(2)17(14)18)21-10-6-4-3-5-8-20-9-7-19-13-20;/h7,9,11-13H,3-6,8,10H2,1-2H3;1H. The van der Waals surface area contributed by atoms with Crippen LogP contribution in [0.3, 0.4) is 0 Å². The molecular formula is C17H24Cl2N2O. The lowest BCUT2D eigenvalue weighted by atomic mass is 10.1. The molecule has 0 saturated carbocycles. The SMILES string of the molecule is Cc1cc(OCCCCCCn2ccnc2)cc(C)c1Cl.Cl. The van der Waals surface area contributed by atoms with Gasteiger partial charge in [-0.3, -0.25) is 0 Å². The van der Waals surface area contributed by atoms with E-state index >= 15 is 0 Å². The van der Waals surface area contributed by atoms with Crippen LogP contribution in [0.15, 0.2) is 30.9 Å². The molecule has 0 saturated heterocycles. The fraction of sp³-hybridized carbons (Fsp3) is 0.471. The minimum Gasteiger partial charge on any atom is -0.494 e. The van der Waals surface area contributed by atoms with Gasteiger partial charge in [-0.05, 0) is 49.9 Å². The maximum Gasteiger partial charge on any atom is 0.119 e. The number of hydrogen-bond acceptors (Lipinski definition) is 2. The molecule has 0 spiro atoms. The van der Waals surface area contributed by atoms with Crippen LogP contribution in [0, 0.1) is 13.8 Å². The number of rotatable bonds is 8. The van der Waals surface area contributed by atoms with Crippen molar-refractivity contribution in [1.29, 1.82) is 0 Å².